The Bertz CT molecular complexity index is 867. The van der Waals surface area contributed by atoms with Crippen LogP contribution in [-0.4, -0.2) is 29.3 Å². The first kappa shape index (κ1) is 16.5. The van der Waals surface area contributed by atoms with Gasteiger partial charge in [-0.1, -0.05) is 23.4 Å². The number of rotatable bonds is 5. The van der Waals surface area contributed by atoms with Crippen LogP contribution in [-0.2, 0) is 16.0 Å². The van der Waals surface area contributed by atoms with Crippen molar-refractivity contribution in [2.45, 2.75) is 19.3 Å². The van der Waals surface area contributed by atoms with Crippen molar-refractivity contribution in [1.29, 1.82) is 0 Å². The molecule has 3 heterocycles. The Morgan fingerprint density at radius 2 is 2.00 bits per heavy atom. The summed E-state index contributed by atoms with van der Waals surface area (Å²) in [4.78, 5) is 16.9. The van der Waals surface area contributed by atoms with Crippen LogP contribution in [0.3, 0.4) is 0 Å². The molecule has 1 aromatic carbocycles. The molecule has 7 heteroatoms. The van der Waals surface area contributed by atoms with Crippen LogP contribution in [0, 0.1) is 5.92 Å². The first-order valence-electron chi connectivity index (χ1n) is 8.62. The Kier molecular flexibility index (Phi) is 4.79. The third kappa shape index (κ3) is 3.67. The van der Waals surface area contributed by atoms with E-state index in [1.807, 2.05) is 24.3 Å². The highest BCUT2D eigenvalue weighted by Crippen LogP contribution is 2.23. The summed E-state index contributed by atoms with van der Waals surface area (Å²) in [5.41, 5.74) is 1.68. The van der Waals surface area contributed by atoms with Crippen LogP contribution in [0.5, 0.6) is 0 Å². The molecule has 0 bridgehead atoms. The second kappa shape index (κ2) is 7.53. The number of furan rings is 1. The molecule has 0 unspecified atom stereocenters. The van der Waals surface area contributed by atoms with Crippen LogP contribution >= 0.6 is 0 Å². The SMILES string of the molecule is O=C(Nc1ccccc1Cc1nc(-c2ccco2)no1)C1CCOCC1. The lowest BCUT2D eigenvalue weighted by molar-refractivity contribution is -0.122. The quantitative estimate of drug-likeness (QED) is 0.757. The van der Waals surface area contributed by atoms with Crippen molar-refractivity contribution in [3.8, 4) is 11.6 Å². The molecule has 7 nitrogen and oxygen atoms in total. The molecule has 4 rings (SSSR count). The van der Waals surface area contributed by atoms with Gasteiger partial charge < -0.3 is 19.0 Å². The molecule has 0 radical (unpaired) electrons. The molecule has 26 heavy (non-hydrogen) atoms. The Balaban J connectivity index is 1.48. The predicted molar refractivity (Wildman–Crippen MR) is 93.4 cm³/mol. The third-order valence-corrected chi connectivity index (χ3v) is 4.42. The molecule has 1 N–H and O–H groups in total. The number of amides is 1. The molecule has 1 amide bonds. The van der Waals surface area contributed by atoms with Gasteiger partial charge in [0.2, 0.25) is 17.6 Å². The predicted octanol–water partition coefficient (Wildman–Crippen LogP) is 3.29. The minimum atomic E-state index is -0.00855. The molecule has 0 spiro atoms. The first-order valence-corrected chi connectivity index (χ1v) is 8.62. The van der Waals surface area contributed by atoms with E-state index >= 15 is 0 Å². The fourth-order valence-corrected chi connectivity index (χ4v) is 2.99. The lowest BCUT2D eigenvalue weighted by Gasteiger charge is -2.21. The number of hydrogen-bond donors (Lipinski definition) is 1. The van der Waals surface area contributed by atoms with Gasteiger partial charge in [-0.3, -0.25) is 4.79 Å². The van der Waals surface area contributed by atoms with Crippen LogP contribution in [0.4, 0.5) is 5.69 Å². The fourth-order valence-electron chi connectivity index (χ4n) is 2.99. The second-order valence-corrected chi connectivity index (χ2v) is 6.20. The maximum atomic E-state index is 12.5. The third-order valence-electron chi connectivity index (χ3n) is 4.42. The zero-order chi connectivity index (χ0) is 17.8. The highest BCUT2D eigenvalue weighted by atomic mass is 16.5. The number of ether oxygens (including phenoxy) is 1. The molecule has 1 aliphatic rings. The van der Waals surface area contributed by atoms with Crippen LogP contribution in [0.1, 0.15) is 24.3 Å². The number of hydrogen-bond acceptors (Lipinski definition) is 6. The number of benzene rings is 1. The summed E-state index contributed by atoms with van der Waals surface area (Å²) in [6.07, 6.45) is 3.50. The van der Waals surface area contributed by atoms with Crippen molar-refractivity contribution in [3.05, 3.63) is 54.1 Å². The van der Waals surface area contributed by atoms with E-state index < -0.39 is 0 Å². The van der Waals surface area contributed by atoms with Crippen LogP contribution in [0.15, 0.2) is 51.6 Å². The molecule has 0 aliphatic carbocycles. The number of para-hydroxylation sites is 1. The van der Waals surface area contributed by atoms with Gasteiger partial charge >= 0.3 is 0 Å². The topological polar surface area (TPSA) is 90.4 Å². The summed E-state index contributed by atoms with van der Waals surface area (Å²) in [6, 6.07) is 11.2. The van der Waals surface area contributed by atoms with Gasteiger partial charge in [0.15, 0.2) is 5.76 Å². The average Bonchev–Trinajstić information content (AvgIpc) is 3.36. The number of nitrogens with one attached hydrogen (secondary N) is 1. The number of carbonyl (C=O) groups is 1. The van der Waals surface area contributed by atoms with Gasteiger partial charge in [0.05, 0.1) is 12.7 Å². The van der Waals surface area contributed by atoms with Crippen LogP contribution < -0.4 is 5.32 Å². The highest BCUT2D eigenvalue weighted by Gasteiger charge is 2.22. The zero-order valence-corrected chi connectivity index (χ0v) is 14.2. The molecule has 2 aromatic heterocycles. The molecular formula is C19H19N3O4. The molecule has 1 saturated heterocycles. The monoisotopic (exact) mass is 353 g/mol. The second-order valence-electron chi connectivity index (χ2n) is 6.20. The summed E-state index contributed by atoms with van der Waals surface area (Å²) in [5, 5.41) is 6.97. The number of anilines is 1. The van der Waals surface area contributed by atoms with Crippen LogP contribution in [0.2, 0.25) is 0 Å². The van der Waals surface area contributed by atoms with Gasteiger partial charge in [0, 0.05) is 24.8 Å². The van der Waals surface area contributed by atoms with Crippen molar-refractivity contribution in [1.82, 2.24) is 10.1 Å². The standard InChI is InChI=1S/C19H19N3O4/c23-19(13-7-10-24-11-8-13)20-15-5-2-1-4-14(15)12-17-21-18(22-26-17)16-6-3-9-25-16/h1-6,9,13H,7-8,10-12H2,(H,20,23). The van der Waals surface area contributed by atoms with Crippen molar-refractivity contribution < 1.29 is 18.5 Å². The Morgan fingerprint density at radius 3 is 2.81 bits per heavy atom. The summed E-state index contributed by atoms with van der Waals surface area (Å²) in [6.45, 7) is 1.27. The average molecular weight is 353 g/mol. The van der Waals surface area contributed by atoms with E-state index in [1.54, 1.807) is 18.4 Å². The van der Waals surface area contributed by atoms with Gasteiger partial charge in [-0.2, -0.15) is 4.98 Å². The summed E-state index contributed by atoms with van der Waals surface area (Å²) >= 11 is 0. The van der Waals surface area contributed by atoms with Gasteiger partial charge in [0.1, 0.15) is 0 Å². The highest BCUT2D eigenvalue weighted by molar-refractivity contribution is 5.93. The Morgan fingerprint density at radius 1 is 1.15 bits per heavy atom. The van der Waals surface area contributed by atoms with E-state index in [0.29, 0.717) is 37.1 Å². The molecular weight excluding hydrogens is 334 g/mol. The maximum absolute atomic E-state index is 12.5. The van der Waals surface area contributed by atoms with Gasteiger partial charge in [-0.15, -0.1) is 0 Å². The van der Waals surface area contributed by atoms with Gasteiger partial charge in [-0.25, -0.2) is 0 Å². The summed E-state index contributed by atoms with van der Waals surface area (Å²) in [5.74, 6) is 1.45. The maximum Gasteiger partial charge on any atom is 0.238 e. The fraction of sp³-hybridized carbons (Fsp3) is 0.316. The first-order chi connectivity index (χ1) is 12.8. The molecule has 0 saturated carbocycles. The van der Waals surface area contributed by atoms with E-state index in [9.17, 15) is 4.79 Å². The van der Waals surface area contributed by atoms with Crippen molar-refractivity contribution in [3.63, 3.8) is 0 Å². The van der Waals surface area contributed by atoms with E-state index in [2.05, 4.69) is 15.5 Å². The largest absolute Gasteiger partial charge is 0.461 e. The van der Waals surface area contributed by atoms with E-state index in [-0.39, 0.29) is 11.8 Å². The normalized spacial score (nSPS) is 15.1. The number of aromatic nitrogens is 2. The molecule has 1 fully saturated rings. The number of nitrogens with zero attached hydrogens (tertiary/aromatic N) is 2. The summed E-state index contributed by atoms with van der Waals surface area (Å²) in [7, 11) is 0. The molecule has 1 aliphatic heterocycles. The number of carbonyl (C=O) groups excluding carboxylic acids is 1. The van der Waals surface area contributed by atoms with Gasteiger partial charge in [-0.05, 0) is 36.6 Å². The van der Waals surface area contributed by atoms with Crippen molar-refractivity contribution in [2.75, 3.05) is 18.5 Å². The van der Waals surface area contributed by atoms with Crippen molar-refractivity contribution >= 4 is 11.6 Å². The van der Waals surface area contributed by atoms with E-state index in [4.69, 9.17) is 13.7 Å². The van der Waals surface area contributed by atoms with E-state index in [0.717, 1.165) is 24.1 Å². The lowest BCUT2D eigenvalue weighted by atomic mass is 9.99. The van der Waals surface area contributed by atoms with E-state index in [1.165, 1.54) is 0 Å². The Labute approximate surface area is 150 Å². The molecule has 3 aromatic rings. The minimum Gasteiger partial charge on any atom is -0.461 e. The van der Waals surface area contributed by atoms with Gasteiger partial charge in [0.25, 0.3) is 0 Å². The van der Waals surface area contributed by atoms with Crippen molar-refractivity contribution in [2.24, 2.45) is 5.92 Å². The molecule has 134 valence electrons. The Hall–Kier alpha value is -2.93. The lowest BCUT2D eigenvalue weighted by Crippen LogP contribution is -2.28. The minimum absolute atomic E-state index is 0.00855. The zero-order valence-electron chi connectivity index (χ0n) is 14.2. The summed E-state index contributed by atoms with van der Waals surface area (Å²) < 4.78 is 15.9. The smallest absolute Gasteiger partial charge is 0.238 e. The van der Waals surface area contributed by atoms with Crippen LogP contribution in [0.25, 0.3) is 11.6 Å². The molecule has 0 atom stereocenters.